The summed E-state index contributed by atoms with van der Waals surface area (Å²) in [5.74, 6) is -0.817. The Hall–Kier alpha value is -3.29. The van der Waals surface area contributed by atoms with Crippen molar-refractivity contribution in [2.75, 3.05) is 11.9 Å². The first-order valence-electron chi connectivity index (χ1n) is 10.1. The SMILES string of the molecule is C=C(C)c1cnc(-c2cc(Cl)ccc2F)cc1Nc1ccncc1C(=O)NC(CC)CO. The molecule has 1 amide bonds. The van der Waals surface area contributed by atoms with Gasteiger partial charge >= 0.3 is 0 Å². The molecule has 2 heterocycles. The van der Waals surface area contributed by atoms with Crippen molar-refractivity contribution in [1.82, 2.24) is 15.3 Å². The lowest BCUT2D eigenvalue weighted by atomic mass is 10.0. The van der Waals surface area contributed by atoms with Crippen molar-refractivity contribution in [3.8, 4) is 11.3 Å². The van der Waals surface area contributed by atoms with Crippen LogP contribution in [0.2, 0.25) is 5.02 Å². The molecule has 0 aliphatic carbocycles. The molecule has 0 aliphatic rings. The van der Waals surface area contributed by atoms with Crippen LogP contribution in [0.25, 0.3) is 16.8 Å². The molecular weight excluding hydrogens is 431 g/mol. The maximum atomic E-state index is 14.4. The van der Waals surface area contributed by atoms with Gasteiger partial charge in [0.2, 0.25) is 0 Å². The maximum absolute atomic E-state index is 14.4. The lowest BCUT2D eigenvalue weighted by Crippen LogP contribution is -2.37. The minimum absolute atomic E-state index is 0.163. The van der Waals surface area contributed by atoms with Crippen LogP contribution in [0, 0.1) is 5.82 Å². The number of hydrogen-bond donors (Lipinski definition) is 3. The predicted molar refractivity (Wildman–Crippen MR) is 125 cm³/mol. The van der Waals surface area contributed by atoms with Gasteiger partial charge in [0.1, 0.15) is 5.82 Å². The largest absolute Gasteiger partial charge is 0.394 e. The van der Waals surface area contributed by atoms with Gasteiger partial charge in [-0.25, -0.2) is 4.39 Å². The second kappa shape index (κ2) is 10.3. The van der Waals surface area contributed by atoms with Gasteiger partial charge in [0, 0.05) is 40.4 Å². The fraction of sp³-hybridized carbons (Fsp3) is 0.208. The highest BCUT2D eigenvalue weighted by Gasteiger charge is 2.17. The molecule has 0 radical (unpaired) electrons. The van der Waals surface area contributed by atoms with Gasteiger partial charge in [-0.1, -0.05) is 25.1 Å². The number of carbonyl (C=O) groups is 1. The zero-order valence-electron chi connectivity index (χ0n) is 17.8. The van der Waals surface area contributed by atoms with Crippen LogP contribution in [-0.4, -0.2) is 33.6 Å². The first-order chi connectivity index (χ1) is 15.3. The number of hydrogen-bond acceptors (Lipinski definition) is 5. The third kappa shape index (κ3) is 5.30. The van der Waals surface area contributed by atoms with Gasteiger partial charge in [-0.15, -0.1) is 0 Å². The number of rotatable bonds is 8. The average molecular weight is 455 g/mol. The van der Waals surface area contributed by atoms with Crippen LogP contribution in [0.5, 0.6) is 0 Å². The Balaban J connectivity index is 2.03. The molecule has 8 heteroatoms. The zero-order chi connectivity index (χ0) is 23.3. The molecule has 0 saturated heterocycles. The van der Waals surface area contributed by atoms with Gasteiger partial charge in [-0.3, -0.25) is 14.8 Å². The number of aromatic nitrogens is 2. The molecule has 1 unspecified atom stereocenters. The van der Waals surface area contributed by atoms with Crippen LogP contribution in [0.1, 0.15) is 36.2 Å². The van der Waals surface area contributed by atoms with E-state index in [9.17, 15) is 14.3 Å². The third-order valence-corrected chi connectivity index (χ3v) is 5.19. The molecule has 32 heavy (non-hydrogen) atoms. The molecule has 0 fully saturated rings. The quantitative estimate of drug-likeness (QED) is 0.434. The van der Waals surface area contributed by atoms with Crippen molar-refractivity contribution < 1.29 is 14.3 Å². The fourth-order valence-corrected chi connectivity index (χ4v) is 3.28. The van der Waals surface area contributed by atoms with Gasteiger partial charge in [-0.05, 0) is 49.2 Å². The van der Waals surface area contributed by atoms with Crippen molar-refractivity contribution in [2.45, 2.75) is 26.3 Å². The topological polar surface area (TPSA) is 87.1 Å². The van der Waals surface area contributed by atoms with Crippen LogP contribution >= 0.6 is 11.6 Å². The minimum Gasteiger partial charge on any atom is -0.394 e. The average Bonchev–Trinajstić information content (AvgIpc) is 2.79. The Kier molecular flexibility index (Phi) is 7.56. The van der Waals surface area contributed by atoms with Gasteiger partial charge in [0.25, 0.3) is 5.91 Å². The molecule has 0 spiro atoms. The molecule has 3 N–H and O–H groups in total. The fourth-order valence-electron chi connectivity index (χ4n) is 3.11. The van der Waals surface area contributed by atoms with E-state index in [1.165, 1.54) is 24.4 Å². The number of aliphatic hydroxyl groups excluding tert-OH is 1. The highest BCUT2D eigenvalue weighted by atomic mass is 35.5. The number of nitrogens with zero attached hydrogens (tertiary/aromatic N) is 2. The van der Waals surface area contributed by atoms with E-state index in [1.54, 1.807) is 24.5 Å². The summed E-state index contributed by atoms with van der Waals surface area (Å²) in [5.41, 5.74) is 3.48. The predicted octanol–water partition coefficient (Wildman–Crippen LogP) is 5.21. The van der Waals surface area contributed by atoms with E-state index < -0.39 is 5.82 Å². The second-order valence-electron chi connectivity index (χ2n) is 7.33. The number of allylic oxidation sites excluding steroid dienone is 1. The second-order valence-corrected chi connectivity index (χ2v) is 7.76. The standard InChI is InChI=1S/C24H24ClFN4O2/c1-4-16(13-31)29-24(32)19-11-27-8-7-21(19)30-23-10-22(28-12-18(23)14(2)3)17-9-15(25)5-6-20(17)26/h5-12,16,31H,2,4,13H2,1,3H3,(H,29,32)(H,27,28,30). The van der Waals surface area contributed by atoms with Gasteiger partial charge in [0.05, 0.1) is 29.6 Å². The summed E-state index contributed by atoms with van der Waals surface area (Å²) < 4.78 is 14.4. The van der Waals surface area contributed by atoms with E-state index in [4.69, 9.17) is 11.6 Å². The normalized spacial score (nSPS) is 11.7. The molecule has 0 aliphatic heterocycles. The molecule has 0 saturated carbocycles. The summed E-state index contributed by atoms with van der Waals surface area (Å²) in [4.78, 5) is 21.2. The van der Waals surface area contributed by atoms with Crippen LogP contribution in [0.4, 0.5) is 15.8 Å². The maximum Gasteiger partial charge on any atom is 0.255 e. The number of aliphatic hydroxyl groups is 1. The Morgan fingerprint density at radius 2 is 2.00 bits per heavy atom. The van der Waals surface area contributed by atoms with E-state index in [2.05, 4.69) is 27.2 Å². The summed E-state index contributed by atoms with van der Waals surface area (Å²) in [6, 6.07) is 7.25. The molecule has 166 valence electrons. The third-order valence-electron chi connectivity index (χ3n) is 4.95. The summed E-state index contributed by atoms with van der Waals surface area (Å²) in [6.07, 6.45) is 5.19. The molecule has 0 bridgehead atoms. The van der Waals surface area contributed by atoms with Gasteiger partial charge in [0.15, 0.2) is 0 Å². The van der Waals surface area contributed by atoms with Gasteiger partial charge < -0.3 is 15.7 Å². The number of amides is 1. The lowest BCUT2D eigenvalue weighted by Gasteiger charge is -2.18. The smallest absolute Gasteiger partial charge is 0.255 e. The lowest BCUT2D eigenvalue weighted by molar-refractivity contribution is 0.0915. The Morgan fingerprint density at radius 3 is 2.69 bits per heavy atom. The number of carbonyl (C=O) groups excluding carboxylic acids is 1. The Morgan fingerprint density at radius 1 is 1.22 bits per heavy atom. The summed E-state index contributed by atoms with van der Waals surface area (Å²) >= 11 is 6.05. The van der Waals surface area contributed by atoms with Crippen molar-refractivity contribution in [3.05, 3.63) is 77.5 Å². The van der Waals surface area contributed by atoms with E-state index in [0.717, 1.165) is 5.57 Å². The zero-order valence-corrected chi connectivity index (χ0v) is 18.6. The van der Waals surface area contributed by atoms with E-state index >= 15 is 0 Å². The number of halogens is 2. The van der Waals surface area contributed by atoms with Crippen molar-refractivity contribution in [1.29, 1.82) is 0 Å². The summed E-state index contributed by atoms with van der Waals surface area (Å²) in [6.45, 7) is 7.52. The number of pyridine rings is 2. The van der Waals surface area contributed by atoms with E-state index in [0.29, 0.717) is 39.6 Å². The first-order valence-corrected chi connectivity index (χ1v) is 10.5. The number of anilines is 2. The van der Waals surface area contributed by atoms with Crippen LogP contribution in [0.15, 0.2) is 55.5 Å². The number of benzene rings is 1. The van der Waals surface area contributed by atoms with Crippen LogP contribution < -0.4 is 10.6 Å². The molecule has 1 atom stereocenters. The Bertz CT molecular complexity index is 1150. The molecule has 2 aromatic heterocycles. The molecule has 6 nitrogen and oxygen atoms in total. The summed E-state index contributed by atoms with van der Waals surface area (Å²) in [5, 5.41) is 15.8. The first kappa shape index (κ1) is 23.4. The minimum atomic E-state index is -0.450. The van der Waals surface area contributed by atoms with E-state index in [1.807, 2.05) is 13.8 Å². The van der Waals surface area contributed by atoms with E-state index in [-0.39, 0.29) is 24.1 Å². The van der Waals surface area contributed by atoms with Crippen LogP contribution in [0.3, 0.4) is 0 Å². The van der Waals surface area contributed by atoms with Gasteiger partial charge in [-0.2, -0.15) is 0 Å². The molecule has 1 aromatic carbocycles. The van der Waals surface area contributed by atoms with Crippen molar-refractivity contribution >= 4 is 34.5 Å². The van der Waals surface area contributed by atoms with Crippen molar-refractivity contribution in [2.24, 2.45) is 0 Å². The molecular formula is C24H24ClFN4O2. The van der Waals surface area contributed by atoms with Crippen LogP contribution in [-0.2, 0) is 0 Å². The molecule has 3 rings (SSSR count). The highest BCUT2D eigenvalue weighted by Crippen LogP contribution is 2.32. The van der Waals surface area contributed by atoms with Crippen molar-refractivity contribution in [3.63, 3.8) is 0 Å². The Labute approximate surface area is 191 Å². The highest BCUT2D eigenvalue weighted by molar-refractivity contribution is 6.30. The summed E-state index contributed by atoms with van der Waals surface area (Å²) in [7, 11) is 0. The number of nitrogens with one attached hydrogen (secondary N) is 2. The molecule has 3 aromatic rings. The monoisotopic (exact) mass is 454 g/mol.